The lowest BCUT2D eigenvalue weighted by atomic mass is 9.82. The summed E-state index contributed by atoms with van der Waals surface area (Å²) in [5.41, 5.74) is 0.874. The maximum absolute atomic E-state index is 13.4. The molecule has 2 aliphatic heterocycles. The third kappa shape index (κ3) is 4.68. The molecule has 0 aliphatic carbocycles. The summed E-state index contributed by atoms with van der Waals surface area (Å²) in [6.45, 7) is 1.36. The number of hydrogen-bond donors (Lipinski definition) is 0. The molecule has 0 bridgehead atoms. The summed E-state index contributed by atoms with van der Waals surface area (Å²) in [6.07, 6.45) is 2.06. The summed E-state index contributed by atoms with van der Waals surface area (Å²) >= 11 is 0. The summed E-state index contributed by atoms with van der Waals surface area (Å²) < 4.78 is 48.2. The molecule has 0 amide bonds. The number of pyridine rings is 1. The molecule has 0 radical (unpaired) electrons. The first-order valence-corrected chi connectivity index (χ1v) is 12.6. The van der Waals surface area contributed by atoms with E-state index in [-0.39, 0.29) is 5.56 Å². The van der Waals surface area contributed by atoms with Gasteiger partial charge < -0.3 is 9.64 Å². The second-order valence-electron chi connectivity index (χ2n) is 9.84. The van der Waals surface area contributed by atoms with Crippen LogP contribution in [0, 0.1) is 0 Å². The van der Waals surface area contributed by atoms with Gasteiger partial charge in [0.05, 0.1) is 5.56 Å². The Bertz CT molecular complexity index is 1430. The van der Waals surface area contributed by atoms with E-state index in [0.717, 1.165) is 17.4 Å². The standard InChI is InChI=1S/C27H26F3N7O/c1-36-25(32-23(35-36)16-18-4-3-13-31-17-18)21-7-8-24(34-33-21)37-14-11-26(12-15-37)10-9-19-20(27(28,29)30)5-2-6-22(19)38-26/h2-8,13,17H,9-12,14-16H2,1H3. The Morgan fingerprint density at radius 3 is 2.55 bits per heavy atom. The topological polar surface area (TPSA) is 81.9 Å². The lowest BCUT2D eigenvalue weighted by Crippen LogP contribution is -2.50. The lowest BCUT2D eigenvalue weighted by Gasteiger charge is -2.45. The number of aryl methyl sites for hydroxylation is 1. The van der Waals surface area contributed by atoms with E-state index in [9.17, 15) is 13.2 Å². The maximum atomic E-state index is 13.4. The van der Waals surface area contributed by atoms with E-state index >= 15 is 0 Å². The van der Waals surface area contributed by atoms with Crippen molar-refractivity contribution < 1.29 is 17.9 Å². The summed E-state index contributed by atoms with van der Waals surface area (Å²) in [4.78, 5) is 10.9. The normalized spacial score (nSPS) is 16.8. The second-order valence-corrected chi connectivity index (χ2v) is 9.84. The molecule has 196 valence electrons. The zero-order chi connectivity index (χ0) is 26.3. The van der Waals surface area contributed by atoms with Crippen LogP contribution in [0.1, 0.15) is 41.8 Å². The molecule has 1 spiro atoms. The fourth-order valence-corrected chi connectivity index (χ4v) is 5.35. The number of ether oxygens (including phenoxy) is 1. The van der Waals surface area contributed by atoms with E-state index in [1.54, 1.807) is 23.1 Å². The van der Waals surface area contributed by atoms with Gasteiger partial charge in [-0.2, -0.15) is 18.3 Å². The Morgan fingerprint density at radius 1 is 1.00 bits per heavy atom. The van der Waals surface area contributed by atoms with E-state index in [0.29, 0.717) is 68.3 Å². The minimum Gasteiger partial charge on any atom is -0.487 e. The highest BCUT2D eigenvalue weighted by Gasteiger charge is 2.43. The minimum absolute atomic E-state index is 0.266. The molecular weight excluding hydrogens is 495 g/mol. The Balaban J connectivity index is 1.12. The molecule has 1 fully saturated rings. The number of anilines is 1. The second kappa shape index (κ2) is 9.38. The van der Waals surface area contributed by atoms with Crippen molar-refractivity contribution in [1.29, 1.82) is 0 Å². The largest absolute Gasteiger partial charge is 0.487 e. The van der Waals surface area contributed by atoms with Crippen LogP contribution in [-0.2, 0) is 26.1 Å². The number of hydrogen-bond acceptors (Lipinski definition) is 7. The highest BCUT2D eigenvalue weighted by atomic mass is 19.4. The van der Waals surface area contributed by atoms with Gasteiger partial charge in [0, 0.05) is 57.4 Å². The maximum Gasteiger partial charge on any atom is 0.416 e. The van der Waals surface area contributed by atoms with Crippen molar-refractivity contribution in [3.63, 3.8) is 0 Å². The molecule has 0 atom stereocenters. The molecule has 8 nitrogen and oxygen atoms in total. The van der Waals surface area contributed by atoms with Crippen molar-refractivity contribution in [2.75, 3.05) is 18.0 Å². The SMILES string of the molecule is Cn1nc(Cc2cccnc2)nc1-c1ccc(N2CCC3(CCc4c(cccc4C(F)(F)F)O3)CC2)nn1. The quantitative estimate of drug-likeness (QED) is 0.387. The van der Waals surface area contributed by atoms with Crippen LogP contribution in [0.2, 0.25) is 0 Å². The van der Waals surface area contributed by atoms with Crippen molar-refractivity contribution in [3.8, 4) is 17.3 Å². The Kier molecular flexibility index (Phi) is 6.00. The molecule has 1 saturated heterocycles. The first kappa shape index (κ1) is 24.3. The van der Waals surface area contributed by atoms with E-state index < -0.39 is 17.3 Å². The van der Waals surface area contributed by atoms with E-state index in [4.69, 9.17) is 4.74 Å². The molecule has 4 aromatic rings. The lowest BCUT2D eigenvalue weighted by molar-refractivity contribution is -0.139. The number of fused-ring (bicyclic) bond motifs is 1. The van der Waals surface area contributed by atoms with Gasteiger partial charge in [0.2, 0.25) is 0 Å². The number of alkyl halides is 3. The molecule has 1 aromatic carbocycles. The van der Waals surface area contributed by atoms with Crippen LogP contribution < -0.4 is 9.64 Å². The van der Waals surface area contributed by atoms with Crippen LogP contribution in [-0.4, -0.2) is 48.6 Å². The first-order chi connectivity index (χ1) is 18.3. The van der Waals surface area contributed by atoms with E-state index in [1.165, 1.54) is 6.07 Å². The Hall–Kier alpha value is -4.02. The monoisotopic (exact) mass is 521 g/mol. The van der Waals surface area contributed by atoms with Crippen molar-refractivity contribution in [1.82, 2.24) is 29.9 Å². The fourth-order valence-electron chi connectivity index (χ4n) is 5.35. The molecule has 11 heteroatoms. The van der Waals surface area contributed by atoms with Gasteiger partial charge >= 0.3 is 6.18 Å². The average Bonchev–Trinajstić information content (AvgIpc) is 3.28. The van der Waals surface area contributed by atoms with Gasteiger partial charge in [-0.3, -0.25) is 4.98 Å². The summed E-state index contributed by atoms with van der Waals surface area (Å²) in [7, 11) is 1.83. The Morgan fingerprint density at radius 2 is 1.84 bits per heavy atom. The predicted molar refractivity (Wildman–Crippen MR) is 134 cm³/mol. The number of benzene rings is 1. The van der Waals surface area contributed by atoms with Crippen LogP contribution in [0.3, 0.4) is 0 Å². The van der Waals surface area contributed by atoms with Crippen LogP contribution >= 0.6 is 0 Å². The number of nitrogens with zero attached hydrogens (tertiary/aromatic N) is 7. The molecule has 3 aromatic heterocycles. The molecule has 6 rings (SSSR count). The number of halogens is 3. The molecule has 5 heterocycles. The number of piperidine rings is 1. The van der Waals surface area contributed by atoms with Crippen LogP contribution in [0.15, 0.2) is 54.9 Å². The molecule has 38 heavy (non-hydrogen) atoms. The van der Waals surface area contributed by atoms with Crippen molar-refractivity contribution in [3.05, 3.63) is 77.4 Å². The zero-order valence-electron chi connectivity index (χ0n) is 20.8. The van der Waals surface area contributed by atoms with Gasteiger partial charge in [-0.1, -0.05) is 12.1 Å². The van der Waals surface area contributed by atoms with Gasteiger partial charge in [0.25, 0.3) is 0 Å². The molecule has 0 N–H and O–H groups in total. The van der Waals surface area contributed by atoms with Crippen molar-refractivity contribution in [2.24, 2.45) is 7.05 Å². The molecule has 0 saturated carbocycles. The van der Waals surface area contributed by atoms with Crippen LogP contribution in [0.5, 0.6) is 5.75 Å². The zero-order valence-corrected chi connectivity index (χ0v) is 20.8. The van der Waals surface area contributed by atoms with Gasteiger partial charge in [0.15, 0.2) is 17.5 Å². The highest BCUT2D eigenvalue weighted by molar-refractivity contribution is 5.52. The highest BCUT2D eigenvalue weighted by Crippen LogP contribution is 2.44. The van der Waals surface area contributed by atoms with Crippen molar-refractivity contribution in [2.45, 2.75) is 43.9 Å². The van der Waals surface area contributed by atoms with Crippen molar-refractivity contribution >= 4 is 5.82 Å². The van der Waals surface area contributed by atoms with Gasteiger partial charge in [-0.15, -0.1) is 10.2 Å². The summed E-state index contributed by atoms with van der Waals surface area (Å²) in [5.74, 6) is 2.42. The summed E-state index contributed by atoms with van der Waals surface area (Å²) in [6, 6.07) is 11.9. The fraction of sp³-hybridized carbons (Fsp3) is 0.370. The smallest absolute Gasteiger partial charge is 0.416 e. The Labute approximate surface area is 217 Å². The third-order valence-electron chi connectivity index (χ3n) is 7.37. The average molecular weight is 522 g/mol. The predicted octanol–water partition coefficient (Wildman–Crippen LogP) is 4.64. The first-order valence-electron chi connectivity index (χ1n) is 12.6. The van der Waals surface area contributed by atoms with Crippen LogP contribution in [0.4, 0.5) is 19.0 Å². The molecule has 2 aliphatic rings. The minimum atomic E-state index is -4.38. The molecule has 0 unspecified atom stereocenters. The number of rotatable bonds is 4. The van der Waals surface area contributed by atoms with Crippen LogP contribution in [0.25, 0.3) is 11.5 Å². The van der Waals surface area contributed by atoms with Gasteiger partial charge in [-0.25, -0.2) is 9.67 Å². The van der Waals surface area contributed by atoms with Gasteiger partial charge in [-0.05, 0) is 48.7 Å². The van der Waals surface area contributed by atoms with E-state index in [2.05, 4.69) is 30.2 Å². The number of aromatic nitrogens is 6. The molecular formula is C27H26F3N7O. The third-order valence-corrected chi connectivity index (χ3v) is 7.37. The summed E-state index contributed by atoms with van der Waals surface area (Å²) in [5, 5.41) is 13.3. The van der Waals surface area contributed by atoms with Gasteiger partial charge in [0.1, 0.15) is 17.0 Å². The van der Waals surface area contributed by atoms with E-state index in [1.807, 2.05) is 31.3 Å².